The molecule has 0 spiro atoms. The Hall–Kier alpha value is -2.28. The van der Waals surface area contributed by atoms with Crippen LogP contribution in [0.5, 0.6) is 0 Å². The second kappa shape index (κ2) is 5.87. The molecule has 1 aromatic heterocycles. The zero-order chi connectivity index (χ0) is 18.6. The summed E-state index contributed by atoms with van der Waals surface area (Å²) in [4.78, 5) is 12.8. The number of nitrogens with zero attached hydrogens (tertiary/aromatic N) is 2. The smallest absolute Gasteiger partial charge is 0.272 e. The van der Waals surface area contributed by atoms with Crippen LogP contribution in [0.4, 0.5) is 8.78 Å². The molecule has 0 saturated heterocycles. The summed E-state index contributed by atoms with van der Waals surface area (Å²) in [6.45, 7) is 3.22. The average molecular weight is 361 g/mol. The van der Waals surface area contributed by atoms with Gasteiger partial charge in [-0.05, 0) is 51.2 Å². The Morgan fingerprint density at radius 2 is 2.08 bits per heavy atom. The highest BCUT2D eigenvalue weighted by atomic mass is 19.1. The first-order valence-corrected chi connectivity index (χ1v) is 8.82. The third-order valence-corrected chi connectivity index (χ3v) is 5.39. The third kappa shape index (κ3) is 2.61. The Labute approximate surface area is 150 Å². The van der Waals surface area contributed by atoms with Crippen LogP contribution in [0.2, 0.25) is 0 Å². The Balaban J connectivity index is 1.83. The standard InChI is InChI=1S/C19H21F2N3O2/c1-19(2,9-25)22-18(26)16-15-10-3-4-11(7-10)17(15)24(23-16)14-6-5-12(20)8-13(14)21/h5-6,8,10-11,25H,3-4,7,9H2,1-2H3,(H,22,26). The molecule has 2 N–H and O–H groups in total. The van der Waals surface area contributed by atoms with E-state index in [1.807, 2.05) is 0 Å². The van der Waals surface area contributed by atoms with Gasteiger partial charge in [0.15, 0.2) is 11.5 Å². The van der Waals surface area contributed by atoms with Gasteiger partial charge in [0.2, 0.25) is 0 Å². The summed E-state index contributed by atoms with van der Waals surface area (Å²) < 4.78 is 29.1. The van der Waals surface area contributed by atoms with E-state index >= 15 is 0 Å². The number of benzene rings is 1. The van der Waals surface area contributed by atoms with Gasteiger partial charge >= 0.3 is 0 Å². The Morgan fingerprint density at radius 1 is 1.35 bits per heavy atom. The molecule has 1 fully saturated rings. The Morgan fingerprint density at radius 3 is 2.77 bits per heavy atom. The van der Waals surface area contributed by atoms with E-state index in [9.17, 15) is 18.7 Å². The molecule has 0 radical (unpaired) electrons. The number of fused-ring (bicyclic) bond motifs is 5. The molecular weight excluding hydrogens is 340 g/mol. The predicted octanol–water partition coefficient (Wildman–Crippen LogP) is 3.02. The second-order valence-electron chi connectivity index (χ2n) is 7.86. The predicted molar refractivity (Wildman–Crippen MR) is 91.4 cm³/mol. The largest absolute Gasteiger partial charge is 0.394 e. The highest BCUT2D eigenvalue weighted by Gasteiger charge is 2.44. The molecular formula is C19H21F2N3O2. The van der Waals surface area contributed by atoms with Crippen molar-refractivity contribution in [3.8, 4) is 5.69 Å². The molecule has 2 atom stereocenters. The van der Waals surface area contributed by atoms with E-state index in [2.05, 4.69) is 10.4 Å². The summed E-state index contributed by atoms with van der Waals surface area (Å²) in [6, 6.07) is 3.36. The molecule has 2 bridgehead atoms. The van der Waals surface area contributed by atoms with E-state index in [0.717, 1.165) is 36.6 Å². The first-order chi connectivity index (χ1) is 12.3. The fourth-order valence-electron chi connectivity index (χ4n) is 4.14. The van der Waals surface area contributed by atoms with Crippen molar-refractivity contribution < 1.29 is 18.7 Å². The molecule has 7 heteroatoms. The SMILES string of the molecule is CC(C)(CO)NC(=O)c1nn(-c2ccc(F)cc2F)c2c1C1CCC2C1. The van der Waals surface area contributed by atoms with Crippen molar-refractivity contribution in [3.05, 3.63) is 46.8 Å². The molecule has 138 valence electrons. The number of hydrogen-bond donors (Lipinski definition) is 2. The van der Waals surface area contributed by atoms with Gasteiger partial charge in [-0.1, -0.05) is 0 Å². The van der Waals surface area contributed by atoms with Gasteiger partial charge in [0.05, 0.1) is 17.8 Å². The quantitative estimate of drug-likeness (QED) is 0.880. The van der Waals surface area contributed by atoms with Crippen molar-refractivity contribution in [3.63, 3.8) is 0 Å². The lowest BCUT2D eigenvalue weighted by molar-refractivity contribution is 0.0862. The van der Waals surface area contributed by atoms with Crippen LogP contribution in [0.3, 0.4) is 0 Å². The first kappa shape index (κ1) is 17.1. The summed E-state index contributed by atoms with van der Waals surface area (Å²) >= 11 is 0. The van der Waals surface area contributed by atoms with Crippen LogP contribution < -0.4 is 5.32 Å². The summed E-state index contributed by atoms with van der Waals surface area (Å²) in [6.07, 6.45) is 2.90. The lowest BCUT2D eigenvalue weighted by Gasteiger charge is -2.23. The molecule has 1 heterocycles. The maximum absolute atomic E-state index is 14.3. The molecule has 4 rings (SSSR count). The zero-order valence-corrected chi connectivity index (χ0v) is 14.7. The Bertz CT molecular complexity index is 891. The van der Waals surface area contributed by atoms with Gasteiger partial charge in [0.1, 0.15) is 11.5 Å². The van der Waals surface area contributed by atoms with Crippen LogP contribution in [0.1, 0.15) is 66.7 Å². The van der Waals surface area contributed by atoms with Crippen LogP contribution in [0.25, 0.3) is 5.69 Å². The van der Waals surface area contributed by atoms with Crippen LogP contribution in [-0.2, 0) is 0 Å². The topological polar surface area (TPSA) is 67.2 Å². The number of carbonyl (C=O) groups excluding carboxylic acids is 1. The summed E-state index contributed by atoms with van der Waals surface area (Å²) in [7, 11) is 0. The van der Waals surface area contributed by atoms with Crippen molar-refractivity contribution >= 4 is 5.91 Å². The third-order valence-electron chi connectivity index (χ3n) is 5.39. The van der Waals surface area contributed by atoms with E-state index < -0.39 is 17.2 Å². The van der Waals surface area contributed by atoms with E-state index in [-0.39, 0.29) is 35.7 Å². The van der Waals surface area contributed by atoms with Gasteiger partial charge in [0.25, 0.3) is 5.91 Å². The lowest BCUT2D eigenvalue weighted by Crippen LogP contribution is -2.46. The van der Waals surface area contributed by atoms with E-state index in [1.165, 1.54) is 16.8 Å². The first-order valence-electron chi connectivity index (χ1n) is 8.82. The number of nitrogens with one attached hydrogen (secondary N) is 1. The number of aromatic nitrogens is 2. The fraction of sp³-hybridized carbons (Fsp3) is 0.474. The summed E-state index contributed by atoms with van der Waals surface area (Å²) in [5, 5.41) is 16.6. The highest BCUT2D eigenvalue weighted by molar-refractivity contribution is 5.95. The maximum atomic E-state index is 14.3. The van der Waals surface area contributed by atoms with Crippen LogP contribution >= 0.6 is 0 Å². The number of amides is 1. The molecule has 1 amide bonds. The van der Waals surface area contributed by atoms with Crippen molar-refractivity contribution in [2.24, 2.45) is 0 Å². The molecule has 5 nitrogen and oxygen atoms in total. The second-order valence-corrected chi connectivity index (χ2v) is 7.86. The van der Waals surface area contributed by atoms with Gasteiger partial charge in [0, 0.05) is 17.5 Å². The van der Waals surface area contributed by atoms with Crippen LogP contribution in [0, 0.1) is 11.6 Å². The molecule has 1 saturated carbocycles. The van der Waals surface area contributed by atoms with Crippen molar-refractivity contribution in [1.82, 2.24) is 15.1 Å². The minimum absolute atomic E-state index is 0.149. The number of rotatable bonds is 4. The number of halogens is 2. The molecule has 26 heavy (non-hydrogen) atoms. The van der Waals surface area contributed by atoms with Crippen molar-refractivity contribution in [2.45, 2.75) is 50.5 Å². The van der Waals surface area contributed by atoms with E-state index in [4.69, 9.17) is 0 Å². The summed E-state index contributed by atoms with van der Waals surface area (Å²) in [5.41, 5.74) is 1.37. The van der Waals surface area contributed by atoms with Gasteiger partial charge in [-0.15, -0.1) is 0 Å². The number of aliphatic hydroxyl groups excluding tert-OH is 1. The van der Waals surface area contributed by atoms with Gasteiger partial charge in [-0.25, -0.2) is 13.5 Å². The number of aliphatic hydroxyl groups is 1. The molecule has 1 aromatic carbocycles. The Kier molecular flexibility index (Phi) is 3.87. The summed E-state index contributed by atoms with van der Waals surface area (Å²) in [5.74, 6) is -1.27. The number of hydrogen-bond acceptors (Lipinski definition) is 3. The highest BCUT2D eigenvalue weighted by Crippen LogP contribution is 2.54. The van der Waals surface area contributed by atoms with Gasteiger partial charge in [-0.3, -0.25) is 4.79 Å². The molecule has 2 unspecified atom stereocenters. The van der Waals surface area contributed by atoms with Crippen molar-refractivity contribution in [1.29, 1.82) is 0 Å². The van der Waals surface area contributed by atoms with Gasteiger partial charge in [-0.2, -0.15) is 5.10 Å². The average Bonchev–Trinajstić information content (AvgIpc) is 3.26. The monoisotopic (exact) mass is 361 g/mol. The molecule has 2 aliphatic rings. The van der Waals surface area contributed by atoms with E-state index in [0.29, 0.717) is 0 Å². The molecule has 0 aliphatic heterocycles. The molecule has 2 aliphatic carbocycles. The van der Waals surface area contributed by atoms with Crippen LogP contribution in [-0.4, -0.2) is 32.9 Å². The minimum atomic E-state index is -0.785. The number of carbonyl (C=O) groups is 1. The zero-order valence-electron chi connectivity index (χ0n) is 14.7. The van der Waals surface area contributed by atoms with Crippen LogP contribution in [0.15, 0.2) is 18.2 Å². The van der Waals surface area contributed by atoms with Crippen molar-refractivity contribution in [2.75, 3.05) is 6.61 Å². The normalized spacial score (nSPS) is 21.1. The lowest BCUT2D eigenvalue weighted by atomic mass is 9.94. The van der Waals surface area contributed by atoms with Gasteiger partial charge < -0.3 is 10.4 Å². The molecule has 2 aromatic rings. The minimum Gasteiger partial charge on any atom is -0.394 e. The fourth-order valence-corrected chi connectivity index (χ4v) is 4.14. The maximum Gasteiger partial charge on any atom is 0.272 e. The van der Waals surface area contributed by atoms with E-state index in [1.54, 1.807) is 13.8 Å².